The van der Waals surface area contributed by atoms with Crippen LogP contribution in [0.2, 0.25) is 0 Å². The van der Waals surface area contributed by atoms with E-state index < -0.39 is 17.6 Å². The first-order chi connectivity index (χ1) is 15.3. The minimum atomic E-state index is -0.780. The van der Waals surface area contributed by atoms with Gasteiger partial charge in [0, 0.05) is 36.1 Å². The van der Waals surface area contributed by atoms with Crippen LogP contribution in [0, 0.1) is 0 Å². The Labute approximate surface area is 188 Å². The molecule has 0 aliphatic carbocycles. The van der Waals surface area contributed by atoms with E-state index in [4.69, 9.17) is 10.6 Å². The van der Waals surface area contributed by atoms with Gasteiger partial charge in [-0.3, -0.25) is 14.4 Å². The van der Waals surface area contributed by atoms with Crippen LogP contribution in [-0.2, 0) is 19.2 Å². The van der Waals surface area contributed by atoms with Crippen LogP contribution in [0.4, 0.5) is 5.69 Å². The summed E-state index contributed by atoms with van der Waals surface area (Å²) >= 11 is 0. The topological polar surface area (TPSA) is 114 Å². The van der Waals surface area contributed by atoms with Crippen LogP contribution < -0.4 is 11.1 Å². The van der Waals surface area contributed by atoms with Gasteiger partial charge in [-0.1, -0.05) is 43.1 Å². The lowest BCUT2D eigenvalue weighted by molar-refractivity contribution is -0.134. The van der Waals surface area contributed by atoms with Crippen molar-refractivity contribution in [1.82, 2.24) is 4.90 Å². The molecule has 8 nitrogen and oxygen atoms in total. The first kappa shape index (κ1) is 23.5. The maximum Gasteiger partial charge on any atom is 0.249 e. The Balaban J connectivity index is 1.70. The number of nitrogens with one attached hydrogen (secondary N) is 1. The molecule has 2 aliphatic rings. The molecule has 1 saturated heterocycles. The van der Waals surface area contributed by atoms with Crippen molar-refractivity contribution in [2.45, 2.75) is 70.9 Å². The van der Waals surface area contributed by atoms with Crippen molar-refractivity contribution in [3.8, 4) is 0 Å². The van der Waals surface area contributed by atoms with E-state index in [9.17, 15) is 14.4 Å². The second-order valence-corrected chi connectivity index (χ2v) is 8.60. The molecule has 1 fully saturated rings. The molecule has 0 bridgehead atoms. The summed E-state index contributed by atoms with van der Waals surface area (Å²) in [5, 5.41) is 7.21. The summed E-state index contributed by atoms with van der Waals surface area (Å²) in [5.74, 6) is -0.785. The van der Waals surface area contributed by atoms with E-state index in [1.54, 1.807) is 19.9 Å². The average Bonchev–Trinajstić information content (AvgIpc) is 3.37. The van der Waals surface area contributed by atoms with E-state index in [0.29, 0.717) is 36.2 Å². The molecular formula is C24H32N4O4. The van der Waals surface area contributed by atoms with Gasteiger partial charge >= 0.3 is 0 Å². The zero-order valence-corrected chi connectivity index (χ0v) is 19.0. The highest BCUT2D eigenvalue weighted by molar-refractivity contribution is 6.03. The predicted molar refractivity (Wildman–Crippen MR) is 123 cm³/mol. The van der Waals surface area contributed by atoms with Crippen molar-refractivity contribution in [3.63, 3.8) is 0 Å². The van der Waals surface area contributed by atoms with Crippen molar-refractivity contribution in [1.29, 1.82) is 0 Å². The zero-order chi connectivity index (χ0) is 23.3. The van der Waals surface area contributed by atoms with E-state index in [0.717, 1.165) is 24.8 Å². The van der Waals surface area contributed by atoms with Gasteiger partial charge in [-0.25, -0.2) is 0 Å². The summed E-state index contributed by atoms with van der Waals surface area (Å²) in [5.41, 5.74) is 7.61. The number of primary amides is 1. The Morgan fingerprint density at radius 1 is 1.34 bits per heavy atom. The highest BCUT2D eigenvalue weighted by atomic mass is 16.7. The normalized spacial score (nSPS) is 22.6. The summed E-state index contributed by atoms with van der Waals surface area (Å²) < 4.78 is 0. The fourth-order valence-corrected chi connectivity index (χ4v) is 4.17. The summed E-state index contributed by atoms with van der Waals surface area (Å²) in [6.45, 7) is 5.84. The summed E-state index contributed by atoms with van der Waals surface area (Å²) in [4.78, 5) is 44.2. The summed E-state index contributed by atoms with van der Waals surface area (Å²) in [7, 11) is 0. The quantitative estimate of drug-likeness (QED) is 0.477. The molecule has 2 heterocycles. The molecule has 0 aromatic heterocycles. The Morgan fingerprint density at radius 3 is 2.81 bits per heavy atom. The number of unbranched alkanes of at least 4 members (excludes halogenated alkanes) is 2. The number of likely N-dealkylation sites (tertiary alicyclic amines) is 1. The number of benzene rings is 1. The van der Waals surface area contributed by atoms with Gasteiger partial charge < -0.3 is 20.8 Å². The lowest BCUT2D eigenvalue weighted by Crippen LogP contribution is -2.44. The van der Waals surface area contributed by atoms with Crippen LogP contribution in [0.1, 0.15) is 64.9 Å². The minimum absolute atomic E-state index is 0.00900. The molecule has 1 aromatic carbocycles. The molecule has 8 heteroatoms. The van der Waals surface area contributed by atoms with Crippen LogP contribution in [0.15, 0.2) is 41.1 Å². The lowest BCUT2D eigenvalue weighted by atomic mass is 9.91. The average molecular weight is 441 g/mol. The van der Waals surface area contributed by atoms with Crippen LogP contribution >= 0.6 is 0 Å². The molecule has 1 aromatic rings. The Bertz CT molecular complexity index is 955. The van der Waals surface area contributed by atoms with Crippen LogP contribution in [0.5, 0.6) is 0 Å². The molecule has 1 unspecified atom stereocenters. The third-order valence-corrected chi connectivity index (χ3v) is 6.09. The molecule has 1 spiro atoms. The van der Waals surface area contributed by atoms with Crippen molar-refractivity contribution in [2.24, 2.45) is 10.9 Å². The number of amides is 3. The molecule has 2 aliphatic heterocycles. The number of carbonyl (C=O) groups is 3. The second-order valence-electron chi connectivity index (χ2n) is 8.60. The first-order valence-corrected chi connectivity index (χ1v) is 11.2. The van der Waals surface area contributed by atoms with Crippen molar-refractivity contribution in [3.05, 3.63) is 41.5 Å². The highest BCUT2D eigenvalue weighted by Gasteiger charge is 2.53. The second kappa shape index (κ2) is 9.97. The van der Waals surface area contributed by atoms with Gasteiger partial charge in [-0.15, -0.1) is 0 Å². The number of anilines is 1. The Hall–Kier alpha value is -3.16. The number of nitrogens with two attached hydrogens (primary N) is 1. The number of carbonyl (C=O) groups excluding carboxylic acids is 3. The Morgan fingerprint density at radius 2 is 2.12 bits per heavy atom. The molecule has 32 heavy (non-hydrogen) atoms. The molecule has 0 radical (unpaired) electrons. The van der Waals surface area contributed by atoms with Crippen molar-refractivity contribution < 1.29 is 19.2 Å². The summed E-state index contributed by atoms with van der Waals surface area (Å²) in [6.07, 6.45) is 5.92. The molecule has 0 saturated carbocycles. The van der Waals surface area contributed by atoms with Gasteiger partial charge in [0.1, 0.15) is 6.04 Å². The zero-order valence-electron chi connectivity index (χ0n) is 19.0. The number of allylic oxidation sites excluding steroid dienone is 1. The molecule has 172 valence electrons. The fourth-order valence-electron chi connectivity index (χ4n) is 4.17. The maximum absolute atomic E-state index is 12.7. The predicted octanol–water partition coefficient (Wildman–Crippen LogP) is 3.12. The van der Waals surface area contributed by atoms with Gasteiger partial charge in [-0.05, 0) is 32.4 Å². The third-order valence-electron chi connectivity index (χ3n) is 6.09. The fraction of sp³-hybridized carbons (Fsp3) is 0.500. The number of nitrogens with zero attached hydrogens (tertiary/aromatic N) is 2. The van der Waals surface area contributed by atoms with E-state index in [2.05, 4.69) is 17.4 Å². The van der Waals surface area contributed by atoms with E-state index >= 15 is 0 Å². The number of hydrogen-bond acceptors (Lipinski definition) is 5. The summed E-state index contributed by atoms with van der Waals surface area (Å²) in [6, 6.07) is 6.73. The molecule has 3 rings (SSSR count). The van der Waals surface area contributed by atoms with Gasteiger partial charge in [0.2, 0.25) is 17.7 Å². The number of rotatable bonds is 8. The monoisotopic (exact) mass is 440 g/mol. The van der Waals surface area contributed by atoms with Crippen molar-refractivity contribution in [2.75, 3.05) is 11.9 Å². The Kier molecular flexibility index (Phi) is 7.33. The largest absolute Gasteiger partial charge is 0.387 e. The smallest absolute Gasteiger partial charge is 0.249 e. The third kappa shape index (κ3) is 5.18. The lowest BCUT2D eigenvalue weighted by Gasteiger charge is -2.23. The van der Waals surface area contributed by atoms with Gasteiger partial charge in [0.05, 0.1) is 12.3 Å². The highest BCUT2D eigenvalue weighted by Crippen LogP contribution is 2.39. The van der Waals surface area contributed by atoms with Gasteiger partial charge in [0.25, 0.3) is 0 Å². The van der Waals surface area contributed by atoms with E-state index in [-0.39, 0.29) is 18.4 Å². The minimum Gasteiger partial charge on any atom is -0.387 e. The first-order valence-electron chi connectivity index (χ1n) is 11.2. The number of oxime groups is 1. The standard InChI is InChI=1S/C24H32N4O4/c1-4-6-7-11-21(29)26-18-10-8-9-17(12-18)19-13-24(32-27-19)14-20(22(25)30)28(15-24)23(31)16(3)5-2/h5,8-10,12,20H,4,6-7,11,13-15H2,1-3H3,(H2,25,30)(H,26,29)/b16-5+/t20-,24?/m1/s1. The maximum atomic E-state index is 12.7. The molecule has 2 atom stereocenters. The molecule has 3 N–H and O–H groups in total. The van der Waals surface area contributed by atoms with Crippen LogP contribution in [-0.4, -0.2) is 46.5 Å². The van der Waals surface area contributed by atoms with Gasteiger partial charge in [0.15, 0.2) is 5.60 Å². The van der Waals surface area contributed by atoms with E-state index in [1.165, 1.54) is 4.90 Å². The van der Waals surface area contributed by atoms with Crippen LogP contribution in [0.25, 0.3) is 0 Å². The van der Waals surface area contributed by atoms with Crippen molar-refractivity contribution >= 4 is 29.1 Å². The number of hydrogen-bond donors (Lipinski definition) is 2. The SMILES string of the molecule is C/C=C(\C)C(=O)N1CC2(CC(c3cccc(NC(=O)CCCCC)c3)=NO2)C[C@@H]1C(N)=O. The molecular weight excluding hydrogens is 408 g/mol. The van der Waals surface area contributed by atoms with Crippen LogP contribution in [0.3, 0.4) is 0 Å². The van der Waals surface area contributed by atoms with E-state index in [1.807, 2.05) is 24.3 Å². The van der Waals surface area contributed by atoms with Gasteiger partial charge in [-0.2, -0.15) is 0 Å². The molecule has 3 amide bonds.